The fraction of sp³-hybridized carbons (Fsp3) is 0.0800. The van der Waals surface area contributed by atoms with Crippen LogP contribution in [0.1, 0.15) is 22.6 Å². The van der Waals surface area contributed by atoms with Gasteiger partial charge in [0.2, 0.25) is 0 Å². The van der Waals surface area contributed by atoms with Gasteiger partial charge in [-0.1, -0.05) is 53.5 Å². The Bertz CT molecular complexity index is 1390. The van der Waals surface area contributed by atoms with Crippen LogP contribution in [0, 0.1) is 18.3 Å². The van der Waals surface area contributed by atoms with Crippen LogP contribution in [0.2, 0.25) is 10.0 Å². The van der Waals surface area contributed by atoms with E-state index in [2.05, 4.69) is 42.6 Å². The predicted molar refractivity (Wildman–Crippen MR) is 142 cm³/mol. The molecule has 0 aliphatic carbocycles. The van der Waals surface area contributed by atoms with Gasteiger partial charge in [-0.15, -0.1) is 0 Å². The molecule has 1 aromatic heterocycles. The normalized spacial score (nSPS) is 11.5. The minimum Gasteiger partial charge on any atom is -0.393 e. The zero-order valence-corrected chi connectivity index (χ0v) is 21.1. The summed E-state index contributed by atoms with van der Waals surface area (Å²) >= 11 is 16.1. The van der Waals surface area contributed by atoms with Gasteiger partial charge < -0.3 is 16.4 Å². The van der Waals surface area contributed by atoms with E-state index in [-0.39, 0.29) is 0 Å². The van der Waals surface area contributed by atoms with Crippen molar-refractivity contribution in [3.63, 3.8) is 0 Å². The molecule has 0 fully saturated rings. The summed E-state index contributed by atoms with van der Waals surface area (Å²) in [5.74, 6) is 0.379. The highest BCUT2D eigenvalue weighted by Crippen LogP contribution is 2.36. The maximum Gasteiger partial charge on any atom is 0.159 e. The van der Waals surface area contributed by atoms with Crippen LogP contribution in [0.25, 0.3) is 0 Å². The first kappa shape index (κ1) is 23.8. The monoisotopic (exact) mass is 552 g/mol. The number of halogens is 3. The Morgan fingerprint density at radius 1 is 0.971 bits per heavy atom. The summed E-state index contributed by atoms with van der Waals surface area (Å²) < 4.78 is 0.883. The second-order valence-corrected chi connectivity index (χ2v) is 9.21. The lowest BCUT2D eigenvalue weighted by molar-refractivity contribution is 1.03. The number of aryl methyl sites for hydroxylation is 1. The number of rotatable bonds is 6. The van der Waals surface area contributed by atoms with E-state index in [0.717, 1.165) is 27.0 Å². The van der Waals surface area contributed by atoms with Crippen LogP contribution in [-0.2, 0) is 0 Å². The van der Waals surface area contributed by atoms with E-state index in [0.29, 0.717) is 32.9 Å². The molecule has 1 heterocycles. The molecule has 0 spiro atoms. The highest BCUT2D eigenvalue weighted by Gasteiger charge is 2.19. The van der Waals surface area contributed by atoms with Crippen LogP contribution >= 0.6 is 39.1 Å². The molecular weight excluding hydrogens is 535 g/mol. The van der Waals surface area contributed by atoms with E-state index in [4.69, 9.17) is 28.9 Å². The molecular formula is C25H19BrCl2N6. The lowest BCUT2D eigenvalue weighted by Gasteiger charge is -2.17. The van der Waals surface area contributed by atoms with Gasteiger partial charge in [-0.2, -0.15) is 5.26 Å². The van der Waals surface area contributed by atoms with Crippen LogP contribution in [0.3, 0.4) is 0 Å². The zero-order chi connectivity index (χ0) is 24.2. The van der Waals surface area contributed by atoms with Crippen molar-refractivity contribution in [3.8, 4) is 6.07 Å². The summed E-state index contributed by atoms with van der Waals surface area (Å²) in [5.41, 5.74) is 10.7. The molecule has 6 nitrogen and oxygen atoms in total. The van der Waals surface area contributed by atoms with Gasteiger partial charge in [0.1, 0.15) is 12.0 Å². The van der Waals surface area contributed by atoms with Gasteiger partial charge in [0.05, 0.1) is 17.7 Å². The molecule has 3 aromatic carbocycles. The van der Waals surface area contributed by atoms with Crippen molar-refractivity contribution < 1.29 is 0 Å². The minimum atomic E-state index is -0.526. The van der Waals surface area contributed by atoms with Crippen molar-refractivity contribution in [3.05, 3.63) is 98.2 Å². The topological polar surface area (TPSA) is 99.6 Å². The summed E-state index contributed by atoms with van der Waals surface area (Å²) in [6, 6.07) is 20.8. The standard InChI is InChI=1S/C25H19BrCl2N6/c1-14-10-17(18(12-29)15-6-8-16(27)9-7-15)20(28)11-22(14)34-25-23(30)24(31-13-32-25)33-21-5-3-2-4-19(21)26/h2-11,13,18H,30H2,1H3,(H2,31,32,33,34). The van der Waals surface area contributed by atoms with Crippen LogP contribution in [0.4, 0.5) is 28.7 Å². The molecule has 0 saturated heterocycles. The lowest BCUT2D eigenvalue weighted by atomic mass is 9.91. The zero-order valence-electron chi connectivity index (χ0n) is 18.0. The fourth-order valence-electron chi connectivity index (χ4n) is 3.45. The second kappa shape index (κ2) is 10.3. The largest absolute Gasteiger partial charge is 0.393 e. The summed E-state index contributed by atoms with van der Waals surface area (Å²) in [5, 5.41) is 17.3. The molecule has 0 aliphatic heterocycles. The maximum atomic E-state index is 9.83. The van der Waals surface area contributed by atoms with Crippen molar-refractivity contribution in [2.75, 3.05) is 16.4 Å². The molecule has 0 bridgehead atoms. The summed E-state index contributed by atoms with van der Waals surface area (Å²) in [7, 11) is 0. The molecule has 4 aromatic rings. The van der Waals surface area contributed by atoms with Crippen molar-refractivity contribution in [2.24, 2.45) is 0 Å². The van der Waals surface area contributed by atoms with Crippen LogP contribution < -0.4 is 16.4 Å². The fourth-order valence-corrected chi connectivity index (χ4v) is 4.23. The molecule has 170 valence electrons. The van der Waals surface area contributed by atoms with Gasteiger partial charge >= 0.3 is 0 Å². The number of hydrogen-bond donors (Lipinski definition) is 3. The summed E-state index contributed by atoms with van der Waals surface area (Å²) in [4.78, 5) is 8.56. The number of nitrogens with two attached hydrogens (primary N) is 1. The molecule has 0 radical (unpaired) electrons. The van der Waals surface area contributed by atoms with E-state index < -0.39 is 5.92 Å². The van der Waals surface area contributed by atoms with Crippen molar-refractivity contribution >= 4 is 67.8 Å². The molecule has 1 unspecified atom stereocenters. The van der Waals surface area contributed by atoms with Crippen molar-refractivity contribution in [1.29, 1.82) is 5.26 Å². The third-order valence-electron chi connectivity index (χ3n) is 5.25. The van der Waals surface area contributed by atoms with Crippen molar-refractivity contribution in [1.82, 2.24) is 9.97 Å². The van der Waals surface area contributed by atoms with Gasteiger partial charge in [0, 0.05) is 20.2 Å². The first-order chi connectivity index (χ1) is 16.4. The average Bonchev–Trinajstić information content (AvgIpc) is 2.82. The number of para-hydroxylation sites is 1. The van der Waals surface area contributed by atoms with Crippen LogP contribution in [0.5, 0.6) is 0 Å². The number of benzene rings is 3. The molecule has 4 N–H and O–H groups in total. The van der Waals surface area contributed by atoms with Crippen LogP contribution in [-0.4, -0.2) is 9.97 Å². The Balaban J connectivity index is 1.63. The Morgan fingerprint density at radius 2 is 1.62 bits per heavy atom. The average molecular weight is 554 g/mol. The van der Waals surface area contributed by atoms with Gasteiger partial charge in [0.25, 0.3) is 0 Å². The Labute approximate surface area is 215 Å². The van der Waals surface area contributed by atoms with E-state index in [9.17, 15) is 5.26 Å². The number of nitrogens with one attached hydrogen (secondary N) is 2. The first-order valence-electron chi connectivity index (χ1n) is 10.2. The third kappa shape index (κ3) is 5.10. The maximum absolute atomic E-state index is 9.83. The van der Waals surface area contributed by atoms with Gasteiger partial charge in [-0.05, 0) is 69.9 Å². The Kier molecular flexibility index (Phi) is 7.23. The lowest BCUT2D eigenvalue weighted by Crippen LogP contribution is -2.07. The number of aromatic nitrogens is 2. The van der Waals surface area contributed by atoms with E-state index in [1.54, 1.807) is 18.2 Å². The van der Waals surface area contributed by atoms with Crippen LogP contribution in [0.15, 0.2) is 71.5 Å². The second-order valence-electron chi connectivity index (χ2n) is 7.52. The van der Waals surface area contributed by atoms with Gasteiger partial charge in [-0.3, -0.25) is 0 Å². The predicted octanol–water partition coefficient (Wildman–Crippen LogP) is 7.58. The molecule has 34 heavy (non-hydrogen) atoms. The quantitative estimate of drug-likeness (QED) is 0.227. The van der Waals surface area contributed by atoms with E-state index >= 15 is 0 Å². The van der Waals surface area contributed by atoms with Gasteiger partial charge in [-0.25, -0.2) is 9.97 Å². The van der Waals surface area contributed by atoms with Crippen molar-refractivity contribution in [2.45, 2.75) is 12.8 Å². The Morgan fingerprint density at radius 3 is 2.26 bits per heavy atom. The molecule has 9 heteroatoms. The molecule has 1 atom stereocenters. The highest BCUT2D eigenvalue weighted by molar-refractivity contribution is 9.10. The number of anilines is 5. The summed E-state index contributed by atoms with van der Waals surface area (Å²) in [6.45, 7) is 1.93. The molecule has 4 rings (SSSR count). The molecule has 0 saturated carbocycles. The molecule has 0 amide bonds. The highest BCUT2D eigenvalue weighted by atomic mass is 79.9. The molecule has 0 aliphatic rings. The number of nitriles is 1. The number of nitrogens with zero attached hydrogens (tertiary/aromatic N) is 3. The number of nitrogen functional groups attached to an aromatic ring is 1. The summed E-state index contributed by atoms with van der Waals surface area (Å²) in [6.07, 6.45) is 1.43. The minimum absolute atomic E-state index is 0.355. The van der Waals surface area contributed by atoms with E-state index in [1.165, 1.54) is 6.33 Å². The van der Waals surface area contributed by atoms with Gasteiger partial charge in [0.15, 0.2) is 11.6 Å². The number of hydrogen-bond acceptors (Lipinski definition) is 6. The van der Waals surface area contributed by atoms with E-state index in [1.807, 2.05) is 49.4 Å². The smallest absolute Gasteiger partial charge is 0.159 e. The Hall–Kier alpha value is -3.31. The first-order valence-corrected chi connectivity index (χ1v) is 11.8. The third-order valence-corrected chi connectivity index (χ3v) is 6.52. The SMILES string of the molecule is Cc1cc(C(C#N)c2ccc(Cl)cc2)c(Cl)cc1Nc1ncnc(Nc2ccccc2Br)c1N.